The zero-order valence-electron chi connectivity index (χ0n) is 3.47. The van der Waals surface area contributed by atoms with Crippen molar-refractivity contribution in [3.05, 3.63) is 0 Å². The van der Waals surface area contributed by atoms with Crippen molar-refractivity contribution in [2.45, 2.75) is 0 Å². The normalized spacial score (nSPS) is 6.25. The molecule has 0 rings (SSSR count). The molecule has 0 aliphatic rings. The highest BCUT2D eigenvalue weighted by Gasteiger charge is 1.70. The number of carbonyl (C=O) groups is 2. The van der Waals surface area contributed by atoms with Gasteiger partial charge >= 0.3 is 9.76 Å². The number of halogens is 2. The molecule has 0 aromatic rings. The lowest BCUT2D eigenvalue weighted by molar-refractivity contribution is 0.222. The van der Waals surface area contributed by atoms with Crippen molar-refractivity contribution in [1.29, 1.82) is 0 Å². The molecular formula is C2H2Br2O4. The van der Waals surface area contributed by atoms with E-state index in [0.717, 1.165) is 0 Å². The van der Waals surface area contributed by atoms with Gasteiger partial charge in [0.15, 0.2) is 0 Å². The molecule has 0 saturated carbocycles. The molecule has 0 aromatic carbocycles. The Morgan fingerprint density at radius 2 is 1.00 bits per heavy atom. The molecular weight excluding hydrogens is 248 g/mol. The first-order chi connectivity index (χ1) is 3.46. The van der Waals surface area contributed by atoms with Crippen molar-refractivity contribution in [3.8, 4) is 0 Å². The maximum Gasteiger partial charge on any atom is 0.372 e. The molecule has 0 aliphatic heterocycles. The predicted molar refractivity (Wildman–Crippen MR) is 33.9 cm³/mol. The van der Waals surface area contributed by atoms with Crippen molar-refractivity contribution < 1.29 is 19.8 Å². The molecule has 0 radical (unpaired) electrons. The van der Waals surface area contributed by atoms with Gasteiger partial charge in [0.1, 0.15) is 0 Å². The maximum absolute atomic E-state index is 8.92. The first-order valence-electron chi connectivity index (χ1n) is 1.23. The van der Waals surface area contributed by atoms with E-state index in [-0.39, 0.29) is 0 Å². The zero-order chi connectivity index (χ0) is 7.15. The monoisotopic (exact) mass is 248 g/mol. The van der Waals surface area contributed by atoms with E-state index in [2.05, 4.69) is 31.9 Å². The number of hydrogen-bond donors (Lipinski definition) is 2. The first kappa shape index (κ1) is 10.8. The van der Waals surface area contributed by atoms with Gasteiger partial charge in [-0.15, -0.1) is 0 Å². The Hall–Kier alpha value is -0.100. The highest BCUT2D eigenvalue weighted by Crippen LogP contribution is 1.74. The van der Waals surface area contributed by atoms with Crippen LogP contribution in [0.1, 0.15) is 0 Å². The summed E-state index contributed by atoms with van der Waals surface area (Å²) in [5.74, 6) is 0. The molecule has 0 bridgehead atoms. The maximum atomic E-state index is 8.92. The lowest BCUT2D eigenvalue weighted by Gasteiger charge is -1.56. The third-order valence-electron chi connectivity index (χ3n) is 0. The minimum atomic E-state index is -1.02. The summed E-state index contributed by atoms with van der Waals surface area (Å²) in [6, 6.07) is 0. The third-order valence-corrected chi connectivity index (χ3v) is 0. The topological polar surface area (TPSA) is 74.6 Å². The Morgan fingerprint density at radius 3 is 1.00 bits per heavy atom. The quantitative estimate of drug-likeness (QED) is 0.645. The molecule has 0 spiro atoms. The Labute approximate surface area is 61.8 Å². The van der Waals surface area contributed by atoms with E-state index in [1.807, 2.05) is 0 Å². The Morgan fingerprint density at radius 1 is 1.00 bits per heavy atom. The smallest absolute Gasteiger partial charge is 0.372 e. The van der Waals surface area contributed by atoms with Crippen LogP contribution in [0.4, 0.5) is 9.59 Å². The SMILES string of the molecule is O=C(O)Br.O=C(O)Br. The lowest BCUT2D eigenvalue weighted by Crippen LogP contribution is -1.65. The lowest BCUT2D eigenvalue weighted by atomic mass is 11.7. The molecule has 8 heavy (non-hydrogen) atoms. The molecule has 6 heteroatoms. The number of hydrogen-bond acceptors (Lipinski definition) is 2. The average molecular weight is 250 g/mol. The summed E-state index contributed by atoms with van der Waals surface area (Å²) in [5.41, 5.74) is 0. The van der Waals surface area contributed by atoms with Gasteiger partial charge in [-0.1, -0.05) is 0 Å². The van der Waals surface area contributed by atoms with Crippen LogP contribution in [0.25, 0.3) is 0 Å². The van der Waals surface area contributed by atoms with E-state index in [1.165, 1.54) is 0 Å². The molecule has 0 heterocycles. The van der Waals surface area contributed by atoms with Crippen LogP contribution in [0.3, 0.4) is 0 Å². The highest BCUT2D eigenvalue weighted by atomic mass is 79.9. The molecule has 0 saturated heterocycles. The van der Waals surface area contributed by atoms with Crippen LogP contribution in [0.5, 0.6) is 0 Å². The van der Waals surface area contributed by atoms with Crippen LogP contribution in [0.15, 0.2) is 0 Å². The van der Waals surface area contributed by atoms with E-state index >= 15 is 0 Å². The summed E-state index contributed by atoms with van der Waals surface area (Å²) >= 11 is 4.38. The van der Waals surface area contributed by atoms with Crippen LogP contribution in [-0.4, -0.2) is 20.0 Å². The third kappa shape index (κ3) is 14200. The van der Waals surface area contributed by atoms with Gasteiger partial charge in [0.25, 0.3) is 0 Å². The van der Waals surface area contributed by atoms with Crippen LogP contribution < -0.4 is 0 Å². The Bertz CT molecular complexity index is 70.0. The van der Waals surface area contributed by atoms with Gasteiger partial charge in [-0.3, -0.25) is 0 Å². The molecule has 0 unspecified atom stereocenters. The molecule has 0 aromatic heterocycles. The second-order valence-corrected chi connectivity index (χ2v) is 1.86. The fourth-order valence-electron chi connectivity index (χ4n) is 0. The van der Waals surface area contributed by atoms with E-state index in [0.29, 0.717) is 0 Å². The summed E-state index contributed by atoms with van der Waals surface area (Å²) in [6.45, 7) is 0. The number of carboxylic acid groups (broad SMARTS) is 2. The van der Waals surface area contributed by atoms with E-state index < -0.39 is 9.76 Å². The summed E-state index contributed by atoms with van der Waals surface area (Å²) in [4.78, 5) is 15.8. The van der Waals surface area contributed by atoms with Crippen LogP contribution in [0.2, 0.25) is 0 Å². The van der Waals surface area contributed by atoms with E-state index in [1.54, 1.807) is 0 Å². The van der Waals surface area contributed by atoms with Gasteiger partial charge in [0.2, 0.25) is 0 Å². The summed E-state index contributed by atoms with van der Waals surface area (Å²) in [6.07, 6.45) is 0. The largest absolute Gasteiger partial charge is 0.473 e. The summed E-state index contributed by atoms with van der Waals surface area (Å²) < 4.78 is 0. The fourth-order valence-corrected chi connectivity index (χ4v) is 0. The molecule has 0 aliphatic carbocycles. The molecule has 4 nitrogen and oxygen atoms in total. The molecule has 0 amide bonds. The Kier molecular flexibility index (Phi) is 9.32. The Balaban J connectivity index is 0. The van der Waals surface area contributed by atoms with Gasteiger partial charge in [0.05, 0.1) is 0 Å². The fraction of sp³-hybridized carbons (Fsp3) is 0. The van der Waals surface area contributed by atoms with E-state index in [4.69, 9.17) is 19.8 Å². The van der Waals surface area contributed by atoms with Gasteiger partial charge in [-0.2, -0.15) is 0 Å². The van der Waals surface area contributed by atoms with Crippen LogP contribution in [0, 0.1) is 0 Å². The van der Waals surface area contributed by atoms with Crippen LogP contribution >= 0.6 is 31.9 Å². The number of rotatable bonds is 0. The van der Waals surface area contributed by atoms with Crippen molar-refractivity contribution >= 4 is 41.6 Å². The van der Waals surface area contributed by atoms with Gasteiger partial charge in [-0.05, 0) is 0 Å². The van der Waals surface area contributed by atoms with Crippen molar-refractivity contribution in [3.63, 3.8) is 0 Å². The summed E-state index contributed by atoms with van der Waals surface area (Å²) in [5, 5.41) is 14.7. The van der Waals surface area contributed by atoms with Crippen molar-refractivity contribution in [2.75, 3.05) is 0 Å². The van der Waals surface area contributed by atoms with Gasteiger partial charge in [0, 0.05) is 31.9 Å². The zero-order valence-corrected chi connectivity index (χ0v) is 6.64. The minimum Gasteiger partial charge on any atom is -0.473 e. The predicted octanol–water partition coefficient (Wildman–Crippen LogP) is 2.12. The van der Waals surface area contributed by atoms with Gasteiger partial charge in [-0.25, -0.2) is 9.59 Å². The standard InChI is InChI=1S/2CHBrO2/c2*2-1(3)4/h2*(H,3,4). The molecule has 48 valence electrons. The van der Waals surface area contributed by atoms with Crippen LogP contribution in [-0.2, 0) is 0 Å². The highest BCUT2D eigenvalue weighted by molar-refractivity contribution is 9.18. The van der Waals surface area contributed by atoms with E-state index in [9.17, 15) is 0 Å². The second kappa shape index (κ2) is 6.90. The first-order valence-corrected chi connectivity index (χ1v) is 2.82. The second-order valence-electron chi connectivity index (χ2n) is 0.506. The average Bonchev–Trinajstić information content (AvgIpc) is 1.25. The molecule has 2 N–H and O–H groups in total. The minimum absolute atomic E-state index is 1.02. The molecule has 0 fully saturated rings. The van der Waals surface area contributed by atoms with Crippen molar-refractivity contribution in [1.82, 2.24) is 0 Å². The van der Waals surface area contributed by atoms with Gasteiger partial charge < -0.3 is 10.2 Å². The van der Waals surface area contributed by atoms with Crippen molar-refractivity contribution in [2.24, 2.45) is 0 Å². The summed E-state index contributed by atoms with van der Waals surface area (Å²) in [7, 11) is 0. The molecule has 0 atom stereocenters.